The summed E-state index contributed by atoms with van der Waals surface area (Å²) in [5, 5.41) is 6.67. The molecule has 0 aliphatic heterocycles. The predicted molar refractivity (Wildman–Crippen MR) is 86.6 cm³/mol. The molecule has 124 valence electrons. The minimum absolute atomic E-state index is 0.118. The first kappa shape index (κ1) is 16.0. The van der Waals surface area contributed by atoms with Gasteiger partial charge < -0.3 is 5.32 Å². The summed E-state index contributed by atoms with van der Waals surface area (Å²) in [6, 6.07) is 6.90. The molecule has 7 heteroatoms. The van der Waals surface area contributed by atoms with E-state index in [-0.39, 0.29) is 16.9 Å². The Morgan fingerprint density at radius 2 is 1.96 bits per heavy atom. The van der Waals surface area contributed by atoms with Gasteiger partial charge in [0.2, 0.25) is 0 Å². The molecule has 0 bridgehead atoms. The third-order valence-electron chi connectivity index (χ3n) is 3.73. The number of rotatable bonds is 3. The van der Waals surface area contributed by atoms with Gasteiger partial charge in [-0.05, 0) is 38.5 Å². The number of benzene rings is 1. The van der Waals surface area contributed by atoms with Crippen molar-refractivity contribution in [3.8, 4) is 0 Å². The average Bonchev–Trinajstić information content (AvgIpc) is 2.92. The Kier molecular flexibility index (Phi) is 4.01. The van der Waals surface area contributed by atoms with E-state index in [4.69, 9.17) is 0 Å². The summed E-state index contributed by atoms with van der Waals surface area (Å²) in [7, 11) is 0. The summed E-state index contributed by atoms with van der Waals surface area (Å²) < 4.78 is 27.3. The van der Waals surface area contributed by atoms with Crippen LogP contribution in [0.4, 0.5) is 14.5 Å². The summed E-state index contributed by atoms with van der Waals surface area (Å²) in [5.74, 6) is -0.435. The lowest BCUT2D eigenvalue weighted by Crippen LogP contribution is -2.13. The second kappa shape index (κ2) is 5.99. The van der Waals surface area contributed by atoms with Gasteiger partial charge >= 0.3 is 0 Å². The zero-order valence-electron chi connectivity index (χ0n) is 13.5. The van der Waals surface area contributed by atoms with Crippen molar-refractivity contribution in [1.29, 1.82) is 0 Å². The molecule has 0 spiro atoms. The first-order valence-corrected chi connectivity index (χ1v) is 7.39. The number of amides is 1. The molecule has 0 saturated carbocycles. The summed E-state index contributed by atoms with van der Waals surface area (Å²) in [6.45, 7) is 5.45. The first-order chi connectivity index (χ1) is 11.4. The molecule has 1 N–H and O–H groups in total. The lowest BCUT2D eigenvalue weighted by atomic mass is 10.1. The third kappa shape index (κ3) is 2.84. The molecule has 2 aromatic heterocycles. The number of nitrogens with zero attached hydrogens (tertiary/aromatic N) is 3. The van der Waals surface area contributed by atoms with Gasteiger partial charge in [-0.2, -0.15) is 5.10 Å². The van der Waals surface area contributed by atoms with Crippen molar-refractivity contribution < 1.29 is 13.6 Å². The van der Waals surface area contributed by atoms with Crippen molar-refractivity contribution in [2.75, 3.05) is 5.32 Å². The van der Waals surface area contributed by atoms with Crippen LogP contribution < -0.4 is 5.32 Å². The number of carbonyl (C=O) groups is 1. The Morgan fingerprint density at radius 3 is 2.62 bits per heavy atom. The normalized spacial score (nSPS) is 11.2. The zero-order valence-corrected chi connectivity index (χ0v) is 13.5. The van der Waals surface area contributed by atoms with E-state index in [2.05, 4.69) is 15.4 Å². The second-order valence-corrected chi connectivity index (χ2v) is 5.69. The van der Waals surface area contributed by atoms with Crippen LogP contribution in [0.25, 0.3) is 5.65 Å². The van der Waals surface area contributed by atoms with Crippen molar-refractivity contribution in [1.82, 2.24) is 14.6 Å². The van der Waals surface area contributed by atoms with Crippen molar-refractivity contribution in [2.24, 2.45) is 0 Å². The molecule has 0 aliphatic carbocycles. The fourth-order valence-corrected chi connectivity index (χ4v) is 2.57. The van der Waals surface area contributed by atoms with Crippen LogP contribution in [0.1, 0.15) is 39.3 Å². The van der Waals surface area contributed by atoms with E-state index in [1.807, 2.05) is 26.0 Å². The number of alkyl halides is 2. The number of hydrogen-bond donors (Lipinski definition) is 1. The fraction of sp³-hybridized carbons (Fsp3) is 0.235. The van der Waals surface area contributed by atoms with Gasteiger partial charge in [-0.25, -0.2) is 18.3 Å². The largest absolute Gasteiger partial charge is 0.322 e. The number of fused-ring (bicyclic) bond motifs is 1. The first-order valence-electron chi connectivity index (χ1n) is 7.39. The highest BCUT2D eigenvalue weighted by molar-refractivity contribution is 6.08. The maximum atomic E-state index is 13.1. The van der Waals surface area contributed by atoms with Crippen LogP contribution in [0.2, 0.25) is 0 Å². The van der Waals surface area contributed by atoms with Crippen LogP contribution in [0.15, 0.2) is 30.5 Å². The smallest absolute Gasteiger partial charge is 0.280 e. The highest BCUT2D eigenvalue weighted by Gasteiger charge is 2.20. The lowest BCUT2D eigenvalue weighted by molar-refractivity contribution is 0.102. The van der Waals surface area contributed by atoms with Crippen LogP contribution in [-0.2, 0) is 0 Å². The number of carbonyl (C=O) groups excluding carboxylic acids is 1. The highest BCUT2D eigenvalue weighted by Crippen LogP contribution is 2.23. The maximum absolute atomic E-state index is 13.1. The molecule has 0 fully saturated rings. The molecule has 1 amide bonds. The molecule has 5 nitrogen and oxygen atoms in total. The number of aromatic nitrogens is 3. The molecule has 0 unspecified atom stereocenters. The van der Waals surface area contributed by atoms with Crippen LogP contribution in [-0.4, -0.2) is 20.5 Å². The van der Waals surface area contributed by atoms with E-state index in [1.54, 1.807) is 13.0 Å². The highest BCUT2D eigenvalue weighted by atomic mass is 19.3. The number of halogens is 2. The molecule has 0 atom stereocenters. The van der Waals surface area contributed by atoms with Crippen LogP contribution in [0.5, 0.6) is 0 Å². The summed E-state index contributed by atoms with van der Waals surface area (Å²) in [6.07, 6.45) is -1.45. The maximum Gasteiger partial charge on any atom is 0.280 e. The molecular formula is C17H16F2N4O. The van der Waals surface area contributed by atoms with Gasteiger partial charge in [-0.3, -0.25) is 4.79 Å². The van der Waals surface area contributed by atoms with E-state index >= 15 is 0 Å². The van der Waals surface area contributed by atoms with Crippen LogP contribution in [0, 0.1) is 20.8 Å². The minimum Gasteiger partial charge on any atom is -0.322 e. The van der Waals surface area contributed by atoms with Gasteiger partial charge in [0, 0.05) is 11.4 Å². The Hall–Kier alpha value is -2.83. The zero-order chi connectivity index (χ0) is 17.4. The van der Waals surface area contributed by atoms with Crippen LogP contribution >= 0.6 is 0 Å². The van der Waals surface area contributed by atoms with Gasteiger partial charge in [-0.1, -0.05) is 17.7 Å². The fourth-order valence-electron chi connectivity index (χ4n) is 2.57. The van der Waals surface area contributed by atoms with Crippen molar-refractivity contribution in [3.63, 3.8) is 0 Å². The Labute approximate surface area is 137 Å². The van der Waals surface area contributed by atoms with Gasteiger partial charge in [0.1, 0.15) is 11.3 Å². The minimum atomic E-state index is -2.70. The quantitative estimate of drug-likeness (QED) is 0.793. The van der Waals surface area contributed by atoms with E-state index in [1.165, 1.54) is 12.3 Å². The molecule has 0 saturated heterocycles. The van der Waals surface area contributed by atoms with Gasteiger partial charge in [0.05, 0.1) is 6.20 Å². The third-order valence-corrected chi connectivity index (χ3v) is 3.73. The summed E-state index contributed by atoms with van der Waals surface area (Å²) >= 11 is 0. The molecule has 2 heterocycles. The summed E-state index contributed by atoms with van der Waals surface area (Å²) in [5.41, 5.74) is 3.04. The van der Waals surface area contributed by atoms with Crippen molar-refractivity contribution in [3.05, 3.63) is 58.5 Å². The monoisotopic (exact) mass is 330 g/mol. The Balaban J connectivity index is 2.01. The SMILES string of the molecule is Cc1ccc(NC(=O)c2cnn3c(C(F)F)cc(C)nc23)c(C)c1. The number of hydrogen-bond acceptors (Lipinski definition) is 3. The van der Waals surface area contributed by atoms with Crippen LogP contribution in [0.3, 0.4) is 0 Å². The standard InChI is InChI=1S/C17H16F2N4O/c1-9-4-5-13(10(2)6-9)22-17(24)12-8-20-23-14(15(18)19)7-11(3)21-16(12)23/h4-8,15H,1-3H3,(H,22,24). The molecule has 0 aliphatic rings. The van der Waals surface area contributed by atoms with E-state index in [0.717, 1.165) is 15.6 Å². The number of nitrogens with one attached hydrogen (secondary N) is 1. The number of anilines is 1. The van der Waals surface area contributed by atoms with Crippen molar-refractivity contribution in [2.45, 2.75) is 27.2 Å². The van der Waals surface area contributed by atoms with E-state index < -0.39 is 12.3 Å². The number of aryl methyl sites for hydroxylation is 3. The van der Waals surface area contributed by atoms with Gasteiger partial charge in [0.25, 0.3) is 12.3 Å². The van der Waals surface area contributed by atoms with E-state index in [9.17, 15) is 13.6 Å². The van der Waals surface area contributed by atoms with Crippen molar-refractivity contribution >= 4 is 17.2 Å². The molecular weight excluding hydrogens is 314 g/mol. The van der Waals surface area contributed by atoms with Gasteiger partial charge in [0.15, 0.2) is 5.65 Å². The Morgan fingerprint density at radius 1 is 1.21 bits per heavy atom. The molecule has 1 aromatic carbocycles. The van der Waals surface area contributed by atoms with E-state index in [0.29, 0.717) is 11.4 Å². The Bertz CT molecular complexity index is 934. The molecule has 3 rings (SSSR count). The molecule has 24 heavy (non-hydrogen) atoms. The second-order valence-electron chi connectivity index (χ2n) is 5.69. The van der Waals surface area contributed by atoms with Gasteiger partial charge in [-0.15, -0.1) is 0 Å². The predicted octanol–water partition coefficient (Wildman–Crippen LogP) is 3.84. The average molecular weight is 330 g/mol. The molecule has 0 radical (unpaired) electrons. The molecule has 3 aromatic rings. The summed E-state index contributed by atoms with van der Waals surface area (Å²) in [4.78, 5) is 16.7. The lowest BCUT2D eigenvalue weighted by Gasteiger charge is -2.09. The topological polar surface area (TPSA) is 59.3 Å².